The Morgan fingerprint density at radius 1 is 1.47 bits per heavy atom. The molecular formula is C14H17N3OS. The van der Waals surface area contributed by atoms with Crippen molar-refractivity contribution in [1.29, 1.82) is 0 Å². The highest BCUT2D eigenvalue weighted by Gasteiger charge is 2.25. The SMILES string of the molecule is CC(NCc1nc2ccccc2s1)C(=O)NC1CC1. The van der Waals surface area contributed by atoms with Gasteiger partial charge in [0.15, 0.2) is 0 Å². The average molecular weight is 275 g/mol. The lowest BCUT2D eigenvalue weighted by molar-refractivity contribution is -0.122. The molecule has 5 heteroatoms. The van der Waals surface area contributed by atoms with E-state index in [0.29, 0.717) is 12.6 Å². The molecule has 1 amide bonds. The Morgan fingerprint density at radius 2 is 2.26 bits per heavy atom. The molecule has 2 N–H and O–H groups in total. The summed E-state index contributed by atoms with van der Waals surface area (Å²) in [4.78, 5) is 16.3. The van der Waals surface area contributed by atoms with Crippen molar-refractivity contribution in [2.45, 2.75) is 38.4 Å². The Hall–Kier alpha value is -1.46. The highest BCUT2D eigenvalue weighted by Crippen LogP contribution is 2.21. The molecule has 1 saturated carbocycles. The summed E-state index contributed by atoms with van der Waals surface area (Å²) >= 11 is 1.67. The Labute approximate surface area is 116 Å². The van der Waals surface area contributed by atoms with E-state index in [1.165, 1.54) is 4.70 Å². The summed E-state index contributed by atoms with van der Waals surface area (Å²) in [5, 5.41) is 7.25. The maximum Gasteiger partial charge on any atom is 0.237 e. The van der Waals surface area contributed by atoms with E-state index in [0.717, 1.165) is 23.4 Å². The molecular weight excluding hydrogens is 258 g/mol. The summed E-state index contributed by atoms with van der Waals surface area (Å²) in [7, 11) is 0. The molecule has 19 heavy (non-hydrogen) atoms. The normalized spacial score (nSPS) is 16.5. The monoisotopic (exact) mass is 275 g/mol. The zero-order valence-corrected chi connectivity index (χ0v) is 11.7. The van der Waals surface area contributed by atoms with Gasteiger partial charge < -0.3 is 5.32 Å². The van der Waals surface area contributed by atoms with Crippen LogP contribution in [0.25, 0.3) is 10.2 Å². The van der Waals surface area contributed by atoms with Crippen LogP contribution in [0.4, 0.5) is 0 Å². The summed E-state index contributed by atoms with van der Waals surface area (Å²) in [5.74, 6) is 0.0867. The van der Waals surface area contributed by atoms with Gasteiger partial charge in [-0.15, -0.1) is 11.3 Å². The van der Waals surface area contributed by atoms with Crippen LogP contribution in [0.2, 0.25) is 0 Å². The lowest BCUT2D eigenvalue weighted by atomic mass is 10.3. The zero-order chi connectivity index (χ0) is 13.2. The smallest absolute Gasteiger partial charge is 0.237 e. The predicted octanol–water partition coefficient (Wildman–Crippen LogP) is 2.05. The molecule has 1 aliphatic rings. The number of aromatic nitrogens is 1. The van der Waals surface area contributed by atoms with Gasteiger partial charge in [0.1, 0.15) is 5.01 Å². The third-order valence-corrected chi connectivity index (χ3v) is 4.25. The molecule has 3 rings (SSSR count). The van der Waals surface area contributed by atoms with Gasteiger partial charge >= 0.3 is 0 Å². The number of para-hydroxylation sites is 1. The van der Waals surface area contributed by atoms with E-state index in [1.807, 2.05) is 25.1 Å². The number of carbonyl (C=O) groups is 1. The topological polar surface area (TPSA) is 54.0 Å². The van der Waals surface area contributed by atoms with Crippen LogP contribution in [-0.4, -0.2) is 23.0 Å². The first kappa shape index (κ1) is 12.6. The van der Waals surface area contributed by atoms with E-state index >= 15 is 0 Å². The number of benzene rings is 1. The zero-order valence-electron chi connectivity index (χ0n) is 10.8. The van der Waals surface area contributed by atoms with Crippen LogP contribution >= 0.6 is 11.3 Å². The predicted molar refractivity (Wildman–Crippen MR) is 77.1 cm³/mol. The lowest BCUT2D eigenvalue weighted by Gasteiger charge is -2.12. The number of hydrogen-bond acceptors (Lipinski definition) is 4. The molecule has 100 valence electrons. The fourth-order valence-electron chi connectivity index (χ4n) is 1.88. The average Bonchev–Trinajstić information content (AvgIpc) is 3.12. The van der Waals surface area contributed by atoms with E-state index in [2.05, 4.69) is 21.7 Å². The molecule has 0 aliphatic heterocycles. The van der Waals surface area contributed by atoms with E-state index in [9.17, 15) is 4.79 Å². The third kappa shape index (κ3) is 3.11. The van der Waals surface area contributed by atoms with Crippen molar-refractivity contribution >= 4 is 27.5 Å². The summed E-state index contributed by atoms with van der Waals surface area (Å²) in [6.45, 7) is 2.53. The summed E-state index contributed by atoms with van der Waals surface area (Å²) in [6.07, 6.45) is 2.24. The first-order chi connectivity index (χ1) is 9.22. The van der Waals surface area contributed by atoms with Gasteiger partial charge in [-0.3, -0.25) is 10.1 Å². The van der Waals surface area contributed by atoms with Crippen LogP contribution in [-0.2, 0) is 11.3 Å². The highest BCUT2D eigenvalue weighted by atomic mass is 32.1. The largest absolute Gasteiger partial charge is 0.352 e. The Morgan fingerprint density at radius 3 is 3.00 bits per heavy atom. The van der Waals surface area contributed by atoms with Crippen molar-refractivity contribution in [1.82, 2.24) is 15.6 Å². The minimum Gasteiger partial charge on any atom is -0.352 e. The van der Waals surface area contributed by atoms with Gasteiger partial charge in [0.25, 0.3) is 0 Å². The molecule has 1 atom stereocenters. The third-order valence-electron chi connectivity index (χ3n) is 3.21. The van der Waals surface area contributed by atoms with Gasteiger partial charge in [0.05, 0.1) is 16.3 Å². The minimum atomic E-state index is -0.174. The molecule has 0 bridgehead atoms. The van der Waals surface area contributed by atoms with Crippen LogP contribution in [0.1, 0.15) is 24.8 Å². The maximum atomic E-state index is 11.8. The molecule has 1 heterocycles. The molecule has 1 aliphatic carbocycles. The molecule has 1 aromatic carbocycles. The summed E-state index contributed by atoms with van der Waals surface area (Å²) in [5.41, 5.74) is 1.03. The van der Waals surface area contributed by atoms with Crippen LogP contribution in [0.3, 0.4) is 0 Å². The second-order valence-electron chi connectivity index (χ2n) is 4.96. The van der Waals surface area contributed by atoms with Crippen molar-refractivity contribution in [2.75, 3.05) is 0 Å². The van der Waals surface area contributed by atoms with Gasteiger partial charge in [-0.2, -0.15) is 0 Å². The summed E-state index contributed by atoms with van der Waals surface area (Å²) < 4.78 is 1.19. The molecule has 2 aromatic rings. The van der Waals surface area contributed by atoms with Crippen molar-refractivity contribution in [3.05, 3.63) is 29.3 Å². The minimum absolute atomic E-state index is 0.0867. The molecule has 4 nitrogen and oxygen atoms in total. The Bertz CT molecular complexity index is 558. The number of nitrogens with one attached hydrogen (secondary N) is 2. The second kappa shape index (κ2) is 5.27. The van der Waals surface area contributed by atoms with Gasteiger partial charge in [0.2, 0.25) is 5.91 Å². The quantitative estimate of drug-likeness (QED) is 0.878. The van der Waals surface area contributed by atoms with E-state index in [4.69, 9.17) is 0 Å². The van der Waals surface area contributed by atoms with Crippen LogP contribution in [0, 0.1) is 0 Å². The fourth-order valence-corrected chi connectivity index (χ4v) is 2.80. The lowest BCUT2D eigenvalue weighted by Crippen LogP contribution is -2.42. The van der Waals surface area contributed by atoms with E-state index in [-0.39, 0.29) is 11.9 Å². The molecule has 0 saturated heterocycles. The molecule has 1 aromatic heterocycles. The molecule has 0 radical (unpaired) electrons. The number of hydrogen-bond donors (Lipinski definition) is 2. The first-order valence-corrected chi connectivity index (χ1v) is 7.42. The standard InChI is InChI=1S/C14H17N3OS/c1-9(14(18)16-10-6-7-10)15-8-13-17-11-4-2-3-5-12(11)19-13/h2-5,9-10,15H,6-8H2,1H3,(H,16,18). The van der Waals surface area contributed by atoms with E-state index < -0.39 is 0 Å². The van der Waals surface area contributed by atoms with Crippen molar-refractivity contribution in [2.24, 2.45) is 0 Å². The van der Waals surface area contributed by atoms with Gasteiger partial charge in [0, 0.05) is 12.6 Å². The molecule has 1 unspecified atom stereocenters. The molecule has 1 fully saturated rings. The molecule has 0 spiro atoms. The van der Waals surface area contributed by atoms with Gasteiger partial charge in [-0.05, 0) is 31.9 Å². The maximum absolute atomic E-state index is 11.8. The van der Waals surface area contributed by atoms with Crippen LogP contribution in [0.15, 0.2) is 24.3 Å². The van der Waals surface area contributed by atoms with Gasteiger partial charge in [-0.25, -0.2) is 4.98 Å². The number of amides is 1. The summed E-state index contributed by atoms with van der Waals surface area (Å²) in [6, 6.07) is 8.33. The number of rotatable bonds is 5. The van der Waals surface area contributed by atoms with Gasteiger partial charge in [-0.1, -0.05) is 12.1 Å². The fraction of sp³-hybridized carbons (Fsp3) is 0.429. The Balaban J connectivity index is 1.57. The van der Waals surface area contributed by atoms with Crippen LogP contribution in [0.5, 0.6) is 0 Å². The van der Waals surface area contributed by atoms with Crippen molar-refractivity contribution in [3.8, 4) is 0 Å². The van der Waals surface area contributed by atoms with E-state index in [1.54, 1.807) is 11.3 Å². The van der Waals surface area contributed by atoms with Crippen LogP contribution < -0.4 is 10.6 Å². The van der Waals surface area contributed by atoms with Crippen molar-refractivity contribution < 1.29 is 4.79 Å². The number of fused-ring (bicyclic) bond motifs is 1. The number of carbonyl (C=O) groups excluding carboxylic acids is 1. The Kier molecular flexibility index (Phi) is 3.48. The van der Waals surface area contributed by atoms with Crippen molar-refractivity contribution in [3.63, 3.8) is 0 Å². The number of thiazole rings is 1. The highest BCUT2D eigenvalue weighted by molar-refractivity contribution is 7.18. The second-order valence-corrected chi connectivity index (χ2v) is 6.08. The number of nitrogens with zero attached hydrogens (tertiary/aromatic N) is 1. The first-order valence-electron chi connectivity index (χ1n) is 6.60.